The summed E-state index contributed by atoms with van der Waals surface area (Å²) in [7, 11) is 1.57. The van der Waals surface area contributed by atoms with Crippen LogP contribution in [0.5, 0.6) is 0 Å². The molecule has 4 nitrogen and oxygen atoms in total. The van der Waals surface area contributed by atoms with Gasteiger partial charge in [0.05, 0.1) is 0 Å². The third-order valence-corrected chi connectivity index (χ3v) is 1.78. The van der Waals surface area contributed by atoms with Crippen LogP contribution in [0, 0.1) is 5.41 Å². The monoisotopic (exact) mass is 171 g/mol. The SMILES string of the molecule is N=C[B]Nc1ccnc2[nH]ccc12. The van der Waals surface area contributed by atoms with Crippen molar-refractivity contribution < 1.29 is 0 Å². The molecule has 0 saturated carbocycles. The Morgan fingerprint density at radius 2 is 2.46 bits per heavy atom. The van der Waals surface area contributed by atoms with E-state index in [4.69, 9.17) is 5.41 Å². The van der Waals surface area contributed by atoms with Gasteiger partial charge in [0.2, 0.25) is 0 Å². The van der Waals surface area contributed by atoms with Crippen molar-refractivity contribution in [1.29, 1.82) is 5.41 Å². The van der Waals surface area contributed by atoms with Crippen LogP contribution in [0.2, 0.25) is 0 Å². The van der Waals surface area contributed by atoms with Crippen molar-refractivity contribution in [1.82, 2.24) is 9.97 Å². The second-order valence-electron chi connectivity index (χ2n) is 2.58. The molecule has 3 N–H and O–H groups in total. The van der Waals surface area contributed by atoms with Gasteiger partial charge in [0, 0.05) is 23.5 Å². The molecule has 0 atom stereocenters. The molecule has 2 rings (SSSR count). The number of anilines is 1. The van der Waals surface area contributed by atoms with Gasteiger partial charge in [-0.15, -0.1) is 0 Å². The maximum atomic E-state index is 6.86. The summed E-state index contributed by atoms with van der Waals surface area (Å²) in [6.07, 6.45) is 4.77. The van der Waals surface area contributed by atoms with Gasteiger partial charge in [0.1, 0.15) is 5.65 Å². The van der Waals surface area contributed by atoms with Gasteiger partial charge in [0.25, 0.3) is 7.41 Å². The fourth-order valence-electron chi connectivity index (χ4n) is 1.22. The fraction of sp³-hybridized carbons (Fsp3) is 0. The average molecular weight is 171 g/mol. The van der Waals surface area contributed by atoms with Gasteiger partial charge >= 0.3 is 0 Å². The predicted molar refractivity (Wildman–Crippen MR) is 54.3 cm³/mol. The normalized spacial score (nSPS) is 9.85. The number of H-pyrrole nitrogens is 1. The molecular formula is C8H8BN4. The van der Waals surface area contributed by atoms with Crippen molar-refractivity contribution in [2.45, 2.75) is 0 Å². The third kappa shape index (κ3) is 1.40. The number of hydrogen-bond donors (Lipinski definition) is 3. The summed E-state index contributed by atoms with van der Waals surface area (Å²) in [4.78, 5) is 7.16. The molecule has 0 bridgehead atoms. The largest absolute Gasteiger partial charge is 0.427 e. The van der Waals surface area contributed by atoms with Crippen molar-refractivity contribution in [2.24, 2.45) is 0 Å². The summed E-state index contributed by atoms with van der Waals surface area (Å²) < 4.78 is 0. The number of nitrogens with zero attached hydrogens (tertiary/aromatic N) is 1. The maximum absolute atomic E-state index is 6.86. The van der Waals surface area contributed by atoms with Crippen LogP contribution < -0.4 is 5.23 Å². The zero-order valence-electron chi connectivity index (χ0n) is 6.91. The van der Waals surface area contributed by atoms with E-state index in [2.05, 4.69) is 15.2 Å². The molecule has 0 unspecified atom stereocenters. The first-order valence-corrected chi connectivity index (χ1v) is 3.93. The molecule has 5 heteroatoms. The number of pyridine rings is 1. The van der Waals surface area contributed by atoms with Crippen LogP contribution in [0.1, 0.15) is 0 Å². The van der Waals surface area contributed by atoms with Crippen LogP contribution in [-0.4, -0.2) is 23.5 Å². The number of rotatable bonds is 3. The van der Waals surface area contributed by atoms with E-state index in [1.165, 1.54) is 6.11 Å². The minimum absolute atomic E-state index is 0.850. The van der Waals surface area contributed by atoms with Gasteiger partial charge in [0.15, 0.2) is 0 Å². The lowest BCUT2D eigenvalue weighted by Gasteiger charge is -2.02. The molecule has 0 aliphatic heterocycles. The molecule has 0 fully saturated rings. The Morgan fingerprint density at radius 1 is 1.54 bits per heavy atom. The van der Waals surface area contributed by atoms with E-state index in [1.54, 1.807) is 13.6 Å². The van der Waals surface area contributed by atoms with Crippen molar-refractivity contribution in [3.8, 4) is 0 Å². The quantitative estimate of drug-likeness (QED) is 0.479. The van der Waals surface area contributed by atoms with E-state index in [0.717, 1.165) is 16.7 Å². The lowest BCUT2D eigenvalue weighted by atomic mass is 9.97. The minimum Gasteiger partial charge on any atom is -0.427 e. The lowest BCUT2D eigenvalue weighted by molar-refractivity contribution is 1.33. The molecular weight excluding hydrogens is 163 g/mol. The zero-order valence-corrected chi connectivity index (χ0v) is 6.91. The van der Waals surface area contributed by atoms with Gasteiger partial charge in [-0.1, -0.05) is 0 Å². The lowest BCUT2D eigenvalue weighted by Crippen LogP contribution is -2.06. The number of aromatic amines is 1. The Kier molecular flexibility index (Phi) is 2.00. The zero-order chi connectivity index (χ0) is 9.10. The van der Waals surface area contributed by atoms with Gasteiger partial charge in [-0.2, -0.15) is 0 Å². The molecule has 2 aromatic rings. The Balaban J connectivity index is 2.42. The van der Waals surface area contributed by atoms with Gasteiger partial charge in [-0.3, -0.25) is 0 Å². The highest BCUT2D eigenvalue weighted by molar-refractivity contribution is 6.70. The summed E-state index contributed by atoms with van der Waals surface area (Å²) in [5.74, 6) is 0. The van der Waals surface area contributed by atoms with Crippen LogP contribution >= 0.6 is 0 Å². The number of fused-ring (bicyclic) bond motifs is 1. The summed E-state index contributed by atoms with van der Waals surface area (Å²) in [6.45, 7) is 0. The molecule has 0 aromatic carbocycles. The Hall–Kier alpha value is -1.78. The summed E-state index contributed by atoms with van der Waals surface area (Å²) in [5.41, 5.74) is 1.80. The van der Waals surface area contributed by atoms with E-state index in [-0.39, 0.29) is 0 Å². The number of nitrogens with one attached hydrogen (secondary N) is 3. The highest BCUT2D eigenvalue weighted by Gasteiger charge is 2.00. The third-order valence-electron chi connectivity index (χ3n) is 1.78. The molecule has 1 radical (unpaired) electrons. The summed E-state index contributed by atoms with van der Waals surface area (Å²) in [6, 6.07) is 3.82. The van der Waals surface area contributed by atoms with E-state index in [9.17, 15) is 0 Å². The second kappa shape index (κ2) is 3.31. The molecule has 2 aromatic heterocycles. The number of hydrogen-bond acceptors (Lipinski definition) is 3. The molecule has 2 heterocycles. The van der Waals surface area contributed by atoms with Crippen LogP contribution in [-0.2, 0) is 0 Å². The molecule has 0 aliphatic carbocycles. The molecule has 13 heavy (non-hydrogen) atoms. The van der Waals surface area contributed by atoms with E-state index < -0.39 is 0 Å². The number of aromatic nitrogens is 2. The topological polar surface area (TPSA) is 64.6 Å². The first-order valence-electron chi connectivity index (χ1n) is 3.93. The second-order valence-corrected chi connectivity index (χ2v) is 2.58. The fourth-order valence-corrected chi connectivity index (χ4v) is 1.22. The Morgan fingerprint density at radius 3 is 3.31 bits per heavy atom. The van der Waals surface area contributed by atoms with Crippen molar-refractivity contribution in [3.63, 3.8) is 0 Å². The van der Waals surface area contributed by atoms with Gasteiger partial charge in [-0.25, -0.2) is 4.98 Å². The van der Waals surface area contributed by atoms with Gasteiger partial charge in [-0.05, 0) is 18.2 Å². The molecule has 0 aliphatic rings. The van der Waals surface area contributed by atoms with E-state index >= 15 is 0 Å². The smallest absolute Gasteiger partial charge is 0.294 e. The van der Waals surface area contributed by atoms with Crippen LogP contribution in [0.15, 0.2) is 24.5 Å². The Bertz CT molecular complexity index is 423. The highest BCUT2D eigenvalue weighted by Crippen LogP contribution is 2.19. The van der Waals surface area contributed by atoms with Crippen LogP contribution in [0.3, 0.4) is 0 Å². The van der Waals surface area contributed by atoms with Crippen molar-refractivity contribution in [3.05, 3.63) is 24.5 Å². The van der Waals surface area contributed by atoms with E-state index in [1.807, 2.05) is 18.3 Å². The maximum Gasteiger partial charge on any atom is 0.294 e. The Labute approximate surface area is 76.2 Å². The average Bonchev–Trinajstić information content (AvgIpc) is 2.62. The van der Waals surface area contributed by atoms with Gasteiger partial charge < -0.3 is 15.6 Å². The molecule has 0 amide bonds. The summed E-state index contributed by atoms with van der Waals surface area (Å²) in [5, 5.41) is 10.9. The standard InChI is InChI=1S/C8H8BN4/c10-5-9-13-7-2-4-12-8-6(7)1-3-11-8/h1-5,10H,(H2,11,12,13). The minimum atomic E-state index is 0.850. The van der Waals surface area contributed by atoms with Crippen LogP contribution in [0.25, 0.3) is 11.0 Å². The first kappa shape index (κ1) is 7.85. The molecule has 63 valence electrons. The first-order chi connectivity index (χ1) is 6.42. The van der Waals surface area contributed by atoms with Crippen molar-refractivity contribution in [2.75, 3.05) is 5.23 Å². The molecule has 0 spiro atoms. The van der Waals surface area contributed by atoms with Crippen molar-refractivity contribution >= 4 is 30.2 Å². The predicted octanol–water partition coefficient (Wildman–Crippen LogP) is 1.20. The molecule has 0 saturated heterocycles. The van der Waals surface area contributed by atoms with Crippen LogP contribution in [0.4, 0.5) is 5.69 Å². The highest BCUT2D eigenvalue weighted by atomic mass is 14.9. The van der Waals surface area contributed by atoms with E-state index in [0.29, 0.717) is 0 Å². The summed E-state index contributed by atoms with van der Waals surface area (Å²) >= 11 is 0.